The maximum atomic E-state index is 13.4. The standard InChI is InChI=1S/C10H9BrFN3O/c1-6-14-9(15-16-6)5-13-10-7(11)3-2-4-8(10)12/h2-4,13H,5H2,1H3. The number of nitrogens with one attached hydrogen (secondary N) is 1. The van der Waals surface area contributed by atoms with E-state index in [2.05, 4.69) is 31.4 Å². The van der Waals surface area contributed by atoms with Crippen molar-refractivity contribution in [2.45, 2.75) is 13.5 Å². The Morgan fingerprint density at radius 2 is 2.31 bits per heavy atom. The van der Waals surface area contributed by atoms with Gasteiger partial charge in [0.25, 0.3) is 0 Å². The molecule has 4 nitrogen and oxygen atoms in total. The minimum Gasteiger partial charge on any atom is -0.374 e. The third-order valence-corrected chi connectivity index (χ3v) is 2.62. The van der Waals surface area contributed by atoms with Gasteiger partial charge in [0.2, 0.25) is 5.89 Å². The molecule has 0 saturated heterocycles. The lowest BCUT2D eigenvalue weighted by molar-refractivity contribution is 0.388. The van der Waals surface area contributed by atoms with Gasteiger partial charge in [0, 0.05) is 11.4 Å². The molecule has 0 unspecified atom stereocenters. The molecule has 1 N–H and O–H groups in total. The number of aryl methyl sites for hydroxylation is 1. The monoisotopic (exact) mass is 285 g/mol. The fourth-order valence-electron chi connectivity index (χ4n) is 1.25. The molecule has 1 heterocycles. The Labute approximate surface area is 100.0 Å². The van der Waals surface area contributed by atoms with Crippen molar-refractivity contribution in [3.8, 4) is 0 Å². The lowest BCUT2D eigenvalue weighted by Gasteiger charge is -2.06. The average Bonchev–Trinajstić information content (AvgIpc) is 2.63. The SMILES string of the molecule is Cc1nc(CNc2c(F)cccc2Br)no1. The van der Waals surface area contributed by atoms with Crippen molar-refractivity contribution < 1.29 is 8.91 Å². The minimum absolute atomic E-state index is 0.316. The zero-order chi connectivity index (χ0) is 11.5. The Kier molecular flexibility index (Phi) is 3.19. The molecule has 2 rings (SSSR count). The summed E-state index contributed by atoms with van der Waals surface area (Å²) in [4.78, 5) is 4.01. The number of anilines is 1. The molecule has 1 aromatic heterocycles. The summed E-state index contributed by atoms with van der Waals surface area (Å²) in [6.45, 7) is 2.02. The van der Waals surface area contributed by atoms with Gasteiger partial charge in [-0.3, -0.25) is 0 Å². The van der Waals surface area contributed by atoms with Crippen LogP contribution in [0.2, 0.25) is 0 Å². The molecule has 2 aromatic rings. The van der Waals surface area contributed by atoms with Crippen LogP contribution in [0.1, 0.15) is 11.7 Å². The van der Waals surface area contributed by atoms with Crippen LogP contribution in [-0.2, 0) is 6.54 Å². The van der Waals surface area contributed by atoms with Gasteiger partial charge in [0.1, 0.15) is 5.82 Å². The second-order valence-corrected chi connectivity index (χ2v) is 4.03. The molecule has 84 valence electrons. The number of aromatic nitrogens is 2. The fraction of sp³-hybridized carbons (Fsp3) is 0.200. The van der Waals surface area contributed by atoms with Crippen LogP contribution in [0.25, 0.3) is 0 Å². The number of hydrogen-bond acceptors (Lipinski definition) is 4. The number of para-hydroxylation sites is 1. The van der Waals surface area contributed by atoms with E-state index in [1.54, 1.807) is 19.1 Å². The van der Waals surface area contributed by atoms with Crippen molar-refractivity contribution in [3.63, 3.8) is 0 Å². The Morgan fingerprint density at radius 3 is 2.94 bits per heavy atom. The summed E-state index contributed by atoms with van der Waals surface area (Å²) >= 11 is 3.26. The summed E-state index contributed by atoms with van der Waals surface area (Å²) < 4.78 is 18.9. The van der Waals surface area contributed by atoms with Gasteiger partial charge in [0.05, 0.1) is 12.2 Å². The van der Waals surface area contributed by atoms with Crippen LogP contribution in [0, 0.1) is 12.7 Å². The van der Waals surface area contributed by atoms with Gasteiger partial charge < -0.3 is 9.84 Å². The van der Waals surface area contributed by atoms with Crippen LogP contribution in [0.15, 0.2) is 27.2 Å². The number of hydrogen-bond donors (Lipinski definition) is 1. The van der Waals surface area contributed by atoms with Crippen LogP contribution in [0.4, 0.5) is 10.1 Å². The molecule has 0 aliphatic heterocycles. The summed E-state index contributed by atoms with van der Waals surface area (Å²) in [5, 5.41) is 6.61. The van der Waals surface area contributed by atoms with E-state index in [0.717, 1.165) is 0 Å². The molecular weight excluding hydrogens is 277 g/mol. The van der Waals surface area contributed by atoms with Crippen LogP contribution in [-0.4, -0.2) is 10.1 Å². The van der Waals surface area contributed by atoms with Gasteiger partial charge in [-0.05, 0) is 28.1 Å². The molecule has 0 aliphatic carbocycles. The molecule has 16 heavy (non-hydrogen) atoms. The molecule has 0 fully saturated rings. The Morgan fingerprint density at radius 1 is 1.50 bits per heavy atom. The van der Waals surface area contributed by atoms with E-state index in [-0.39, 0.29) is 5.82 Å². The first-order chi connectivity index (χ1) is 7.66. The van der Waals surface area contributed by atoms with Crippen molar-refractivity contribution in [3.05, 3.63) is 40.2 Å². The summed E-state index contributed by atoms with van der Waals surface area (Å²) in [5.41, 5.74) is 0.393. The topological polar surface area (TPSA) is 51.0 Å². The van der Waals surface area contributed by atoms with E-state index < -0.39 is 0 Å². The van der Waals surface area contributed by atoms with Gasteiger partial charge in [-0.25, -0.2) is 4.39 Å². The lowest BCUT2D eigenvalue weighted by Crippen LogP contribution is -2.03. The van der Waals surface area contributed by atoms with Gasteiger partial charge in [-0.1, -0.05) is 11.2 Å². The predicted molar refractivity (Wildman–Crippen MR) is 60.5 cm³/mol. The molecule has 0 radical (unpaired) electrons. The highest BCUT2D eigenvalue weighted by Gasteiger charge is 2.07. The van der Waals surface area contributed by atoms with E-state index >= 15 is 0 Å². The van der Waals surface area contributed by atoms with Crippen molar-refractivity contribution in [2.24, 2.45) is 0 Å². The number of halogens is 2. The third kappa shape index (κ3) is 2.38. The molecule has 0 aliphatic rings. The number of benzene rings is 1. The molecule has 0 amide bonds. The normalized spacial score (nSPS) is 10.4. The van der Waals surface area contributed by atoms with Crippen molar-refractivity contribution in [2.75, 3.05) is 5.32 Å². The van der Waals surface area contributed by atoms with E-state index in [9.17, 15) is 4.39 Å². The van der Waals surface area contributed by atoms with Crippen molar-refractivity contribution >= 4 is 21.6 Å². The highest BCUT2D eigenvalue weighted by Crippen LogP contribution is 2.25. The Hall–Kier alpha value is -1.43. The van der Waals surface area contributed by atoms with Crippen molar-refractivity contribution in [1.29, 1.82) is 0 Å². The van der Waals surface area contributed by atoms with E-state index in [0.29, 0.717) is 28.4 Å². The first-order valence-electron chi connectivity index (χ1n) is 4.64. The smallest absolute Gasteiger partial charge is 0.223 e. The van der Waals surface area contributed by atoms with Crippen LogP contribution in [0.5, 0.6) is 0 Å². The fourth-order valence-corrected chi connectivity index (χ4v) is 1.73. The molecule has 1 aromatic carbocycles. The maximum Gasteiger partial charge on any atom is 0.223 e. The summed E-state index contributed by atoms with van der Waals surface area (Å²) in [7, 11) is 0. The van der Waals surface area contributed by atoms with Gasteiger partial charge >= 0.3 is 0 Å². The molecule has 6 heteroatoms. The van der Waals surface area contributed by atoms with Crippen LogP contribution >= 0.6 is 15.9 Å². The van der Waals surface area contributed by atoms with Crippen LogP contribution in [0.3, 0.4) is 0 Å². The quantitative estimate of drug-likeness (QED) is 0.942. The second-order valence-electron chi connectivity index (χ2n) is 3.18. The Bertz CT molecular complexity index is 480. The van der Waals surface area contributed by atoms with E-state index in [1.165, 1.54) is 6.07 Å². The zero-order valence-electron chi connectivity index (χ0n) is 8.50. The maximum absolute atomic E-state index is 13.4. The average molecular weight is 286 g/mol. The van der Waals surface area contributed by atoms with Crippen LogP contribution < -0.4 is 5.32 Å². The molecular formula is C10H9BrFN3O. The minimum atomic E-state index is -0.324. The molecule has 0 bridgehead atoms. The summed E-state index contributed by atoms with van der Waals surface area (Å²) in [6, 6.07) is 4.77. The van der Waals surface area contributed by atoms with Gasteiger partial charge in [-0.2, -0.15) is 4.98 Å². The highest BCUT2D eigenvalue weighted by molar-refractivity contribution is 9.10. The van der Waals surface area contributed by atoms with Crippen molar-refractivity contribution in [1.82, 2.24) is 10.1 Å². The molecule has 0 saturated carbocycles. The molecule has 0 atom stereocenters. The third-order valence-electron chi connectivity index (χ3n) is 1.96. The summed E-state index contributed by atoms with van der Waals surface area (Å²) in [6.07, 6.45) is 0. The zero-order valence-corrected chi connectivity index (χ0v) is 10.1. The highest BCUT2D eigenvalue weighted by atomic mass is 79.9. The Balaban J connectivity index is 2.10. The predicted octanol–water partition coefficient (Wildman–Crippen LogP) is 2.89. The van der Waals surface area contributed by atoms with Gasteiger partial charge in [0.15, 0.2) is 5.82 Å². The molecule has 0 spiro atoms. The largest absolute Gasteiger partial charge is 0.374 e. The summed E-state index contributed by atoms with van der Waals surface area (Å²) in [5.74, 6) is 0.659. The lowest BCUT2D eigenvalue weighted by atomic mass is 10.3. The van der Waals surface area contributed by atoms with E-state index in [4.69, 9.17) is 4.52 Å². The first kappa shape index (κ1) is 11.1. The number of rotatable bonds is 3. The number of nitrogens with zero attached hydrogens (tertiary/aromatic N) is 2. The first-order valence-corrected chi connectivity index (χ1v) is 5.43. The second kappa shape index (κ2) is 4.61. The van der Waals surface area contributed by atoms with Gasteiger partial charge in [-0.15, -0.1) is 0 Å². The van der Waals surface area contributed by atoms with E-state index in [1.807, 2.05) is 0 Å².